The van der Waals surface area contributed by atoms with Crippen LogP contribution in [-0.4, -0.2) is 23.8 Å². The first-order valence-electron chi connectivity index (χ1n) is 6.93. The molecule has 0 unspecified atom stereocenters. The van der Waals surface area contributed by atoms with Crippen LogP contribution < -0.4 is 4.74 Å². The van der Waals surface area contributed by atoms with E-state index in [2.05, 4.69) is 15.7 Å². The Morgan fingerprint density at radius 3 is 2.33 bits per heavy atom. The molecule has 1 saturated carbocycles. The third-order valence-corrected chi connectivity index (χ3v) is 3.66. The van der Waals surface area contributed by atoms with Crippen LogP contribution in [0.3, 0.4) is 0 Å². The van der Waals surface area contributed by atoms with E-state index in [0.717, 1.165) is 18.4 Å². The lowest BCUT2D eigenvalue weighted by Gasteiger charge is -2.26. The van der Waals surface area contributed by atoms with Crippen molar-refractivity contribution < 1.29 is 17.9 Å². The van der Waals surface area contributed by atoms with Gasteiger partial charge in [-0.1, -0.05) is 25.0 Å². The minimum atomic E-state index is -4.67. The van der Waals surface area contributed by atoms with Crippen LogP contribution in [0.4, 0.5) is 13.2 Å². The van der Waals surface area contributed by atoms with Crippen molar-refractivity contribution in [2.45, 2.75) is 44.6 Å². The number of hydrogen-bond acceptors (Lipinski definition) is 3. The number of nitrogens with zero attached hydrogens (tertiary/aromatic N) is 2. The molecule has 1 aliphatic carbocycles. The van der Waals surface area contributed by atoms with Gasteiger partial charge in [-0.25, -0.2) is 0 Å². The molecule has 2 rings (SSSR count). The van der Waals surface area contributed by atoms with E-state index in [9.17, 15) is 13.2 Å². The van der Waals surface area contributed by atoms with Gasteiger partial charge < -0.3 is 4.74 Å². The first-order valence-corrected chi connectivity index (χ1v) is 6.93. The zero-order valence-electron chi connectivity index (χ0n) is 11.6. The van der Waals surface area contributed by atoms with Crippen LogP contribution in [0, 0.1) is 11.3 Å². The van der Waals surface area contributed by atoms with Gasteiger partial charge in [-0.3, -0.25) is 4.90 Å². The number of rotatable bonds is 5. The molecule has 1 aromatic rings. The quantitative estimate of drug-likeness (QED) is 0.775. The van der Waals surface area contributed by atoms with Gasteiger partial charge in [-0.2, -0.15) is 5.26 Å². The number of nitriles is 1. The highest BCUT2D eigenvalue weighted by molar-refractivity contribution is 5.27. The van der Waals surface area contributed by atoms with Crippen LogP contribution in [0.2, 0.25) is 0 Å². The Balaban J connectivity index is 1.99. The number of benzene rings is 1. The van der Waals surface area contributed by atoms with Gasteiger partial charge in [0, 0.05) is 12.6 Å². The highest BCUT2D eigenvalue weighted by Crippen LogP contribution is 2.26. The average Bonchev–Trinajstić information content (AvgIpc) is 2.92. The number of hydrogen-bond donors (Lipinski definition) is 0. The summed E-state index contributed by atoms with van der Waals surface area (Å²) in [6.07, 6.45) is -0.165. The third kappa shape index (κ3) is 4.94. The zero-order chi connectivity index (χ0) is 15.3. The van der Waals surface area contributed by atoms with Crippen LogP contribution in [0.1, 0.15) is 31.2 Å². The highest BCUT2D eigenvalue weighted by atomic mass is 19.4. The minimum absolute atomic E-state index is 0.223. The molecule has 0 N–H and O–H groups in total. The second kappa shape index (κ2) is 6.81. The summed E-state index contributed by atoms with van der Waals surface area (Å²) in [5.74, 6) is -0.223. The van der Waals surface area contributed by atoms with Crippen molar-refractivity contribution in [1.29, 1.82) is 5.26 Å². The molecule has 1 fully saturated rings. The summed E-state index contributed by atoms with van der Waals surface area (Å²) in [6, 6.07) is 8.40. The van der Waals surface area contributed by atoms with Crippen molar-refractivity contribution in [3.05, 3.63) is 29.8 Å². The minimum Gasteiger partial charge on any atom is -0.406 e. The maximum atomic E-state index is 12.1. The molecule has 114 valence electrons. The SMILES string of the molecule is N#CCN(Cc1ccc(OC(F)(F)F)cc1)C1CCCC1. The molecule has 1 aliphatic rings. The molecular formula is C15H17F3N2O. The summed E-state index contributed by atoms with van der Waals surface area (Å²) < 4.78 is 40.1. The molecule has 3 nitrogen and oxygen atoms in total. The molecule has 21 heavy (non-hydrogen) atoms. The fourth-order valence-corrected chi connectivity index (χ4v) is 2.71. The fraction of sp³-hybridized carbons (Fsp3) is 0.533. The molecule has 0 saturated heterocycles. The van der Waals surface area contributed by atoms with E-state index in [1.165, 1.54) is 25.0 Å². The van der Waals surface area contributed by atoms with Crippen molar-refractivity contribution in [1.82, 2.24) is 4.90 Å². The van der Waals surface area contributed by atoms with Crippen LogP contribution in [0.5, 0.6) is 5.75 Å². The van der Waals surface area contributed by atoms with E-state index in [4.69, 9.17) is 5.26 Å². The summed E-state index contributed by atoms with van der Waals surface area (Å²) in [4.78, 5) is 2.09. The average molecular weight is 298 g/mol. The number of alkyl halides is 3. The largest absolute Gasteiger partial charge is 0.573 e. The predicted molar refractivity (Wildman–Crippen MR) is 71.4 cm³/mol. The van der Waals surface area contributed by atoms with E-state index in [0.29, 0.717) is 19.1 Å². The second-order valence-electron chi connectivity index (χ2n) is 5.19. The monoisotopic (exact) mass is 298 g/mol. The smallest absolute Gasteiger partial charge is 0.406 e. The van der Waals surface area contributed by atoms with E-state index < -0.39 is 6.36 Å². The van der Waals surface area contributed by atoms with Gasteiger partial charge in [0.1, 0.15) is 5.75 Å². The summed E-state index contributed by atoms with van der Waals surface area (Å²) in [5, 5.41) is 8.91. The Morgan fingerprint density at radius 2 is 1.81 bits per heavy atom. The molecule has 0 aliphatic heterocycles. The van der Waals surface area contributed by atoms with Crippen molar-refractivity contribution in [3.63, 3.8) is 0 Å². The van der Waals surface area contributed by atoms with Gasteiger partial charge in [0.2, 0.25) is 0 Å². The summed E-state index contributed by atoms with van der Waals surface area (Å²) in [7, 11) is 0. The Hall–Kier alpha value is -1.74. The molecule has 0 amide bonds. The van der Waals surface area contributed by atoms with Crippen LogP contribution in [0.25, 0.3) is 0 Å². The van der Waals surface area contributed by atoms with Crippen LogP contribution in [0.15, 0.2) is 24.3 Å². The standard InChI is InChI=1S/C15H17F3N2O/c16-15(17,18)21-14-7-5-12(6-8-14)11-20(10-9-19)13-3-1-2-4-13/h5-8,13H,1-4,10-11H2. The molecule has 0 atom stereocenters. The van der Waals surface area contributed by atoms with Crippen LogP contribution in [-0.2, 0) is 6.54 Å². The molecule has 0 bridgehead atoms. The number of ether oxygens (including phenoxy) is 1. The fourth-order valence-electron chi connectivity index (χ4n) is 2.71. The first-order chi connectivity index (χ1) is 9.98. The Morgan fingerprint density at radius 1 is 1.19 bits per heavy atom. The molecule has 0 aromatic heterocycles. The van der Waals surface area contributed by atoms with Gasteiger partial charge in [-0.15, -0.1) is 13.2 Å². The number of halogens is 3. The van der Waals surface area contributed by atoms with Gasteiger partial charge in [-0.05, 0) is 30.5 Å². The van der Waals surface area contributed by atoms with Gasteiger partial charge in [0.15, 0.2) is 0 Å². The van der Waals surface area contributed by atoms with E-state index in [1.807, 2.05) is 0 Å². The van der Waals surface area contributed by atoms with Crippen molar-refractivity contribution >= 4 is 0 Å². The normalized spacial score (nSPS) is 16.1. The van der Waals surface area contributed by atoms with Crippen LogP contribution >= 0.6 is 0 Å². The Bertz CT molecular complexity index is 487. The van der Waals surface area contributed by atoms with Crippen molar-refractivity contribution in [2.24, 2.45) is 0 Å². The molecule has 0 spiro atoms. The maximum absolute atomic E-state index is 12.1. The van der Waals surface area contributed by atoms with Gasteiger partial charge in [0.05, 0.1) is 12.6 Å². The van der Waals surface area contributed by atoms with Gasteiger partial charge >= 0.3 is 6.36 Å². The Labute approximate surface area is 121 Å². The molecule has 0 heterocycles. The van der Waals surface area contributed by atoms with E-state index >= 15 is 0 Å². The molecule has 0 radical (unpaired) electrons. The second-order valence-corrected chi connectivity index (χ2v) is 5.19. The molecule has 6 heteroatoms. The van der Waals surface area contributed by atoms with Gasteiger partial charge in [0.25, 0.3) is 0 Å². The first kappa shape index (κ1) is 15.6. The maximum Gasteiger partial charge on any atom is 0.573 e. The summed E-state index contributed by atoms with van der Waals surface area (Å²) in [6.45, 7) is 0.913. The summed E-state index contributed by atoms with van der Waals surface area (Å²) >= 11 is 0. The predicted octanol–water partition coefficient (Wildman–Crippen LogP) is 3.85. The van der Waals surface area contributed by atoms with E-state index in [1.54, 1.807) is 12.1 Å². The van der Waals surface area contributed by atoms with Crippen molar-refractivity contribution in [3.8, 4) is 11.8 Å². The molecular weight excluding hydrogens is 281 g/mol. The lowest BCUT2D eigenvalue weighted by Crippen LogP contribution is -2.33. The van der Waals surface area contributed by atoms with E-state index in [-0.39, 0.29) is 5.75 Å². The summed E-state index contributed by atoms with van der Waals surface area (Å²) in [5.41, 5.74) is 0.881. The lowest BCUT2D eigenvalue weighted by atomic mass is 10.1. The zero-order valence-corrected chi connectivity index (χ0v) is 11.6. The molecule has 1 aromatic carbocycles. The highest BCUT2D eigenvalue weighted by Gasteiger charge is 2.31. The lowest BCUT2D eigenvalue weighted by molar-refractivity contribution is -0.274. The third-order valence-electron chi connectivity index (χ3n) is 3.66. The Kier molecular flexibility index (Phi) is 5.07. The van der Waals surface area contributed by atoms with Crippen molar-refractivity contribution in [2.75, 3.05) is 6.54 Å². The topological polar surface area (TPSA) is 36.3 Å².